The Bertz CT molecular complexity index is 206. The molecule has 0 radical (unpaired) electrons. The molecule has 0 bridgehead atoms. The van der Waals surface area contributed by atoms with Gasteiger partial charge in [0, 0.05) is 10.4 Å². The van der Waals surface area contributed by atoms with E-state index in [9.17, 15) is 4.79 Å². The molecule has 0 saturated carbocycles. The predicted molar refractivity (Wildman–Crippen MR) is 31.8 cm³/mol. The van der Waals surface area contributed by atoms with Crippen LogP contribution in [0.1, 0.15) is 6.92 Å². The molecule has 1 atom stereocenters. The number of hydrogen-bond acceptors (Lipinski definition) is 6. The van der Waals surface area contributed by atoms with Crippen LogP contribution in [-0.2, 0) is 15.2 Å². The molecular weight excluding hydrogens is 256 g/mol. The van der Waals surface area contributed by atoms with Crippen LogP contribution in [0.15, 0.2) is 0 Å². The van der Waals surface area contributed by atoms with E-state index in [1.807, 2.05) is 0 Å². The van der Waals surface area contributed by atoms with E-state index in [1.165, 1.54) is 6.92 Å². The minimum atomic E-state index is -5.17. The van der Waals surface area contributed by atoms with Crippen molar-refractivity contribution in [2.45, 2.75) is 13.0 Å². The van der Waals surface area contributed by atoms with E-state index in [0.717, 1.165) is 0 Å². The summed E-state index contributed by atoms with van der Waals surface area (Å²) in [5.74, 6) is -0.963. The number of carboxylic acid groups (broad SMARTS) is 1. The van der Waals surface area contributed by atoms with Crippen LogP contribution >= 0.6 is 0 Å². The van der Waals surface area contributed by atoms with E-state index in [0.29, 0.717) is 0 Å². The maximum Gasteiger partial charge on any atom is 1.00 e. The molecular formula is C3H7K2NO6S. The van der Waals surface area contributed by atoms with Crippen LogP contribution in [-0.4, -0.2) is 34.6 Å². The van der Waals surface area contributed by atoms with Crippen LogP contribution in [0.3, 0.4) is 0 Å². The second kappa shape index (κ2) is 12.6. The van der Waals surface area contributed by atoms with Crippen LogP contribution in [0.4, 0.5) is 0 Å². The van der Waals surface area contributed by atoms with Gasteiger partial charge in [0.25, 0.3) is 0 Å². The van der Waals surface area contributed by atoms with Gasteiger partial charge < -0.3 is 19.9 Å². The molecule has 0 aromatic rings. The zero-order valence-electron chi connectivity index (χ0n) is 7.55. The Morgan fingerprint density at radius 2 is 1.46 bits per heavy atom. The average Bonchev–Trinajstić information content (AvgIpc) is 1.59. The normalized spacial score (nSPS) is 10.8. The molecule has 0 heterocycles. The van der Waals surface area contributed by atoms with Gasteiger partial charge in [-0.25, -0.2) is 0 Å². The van der Waals surface area contributed by atoms with E-state index >= 15 is 0 Å². The van der Waals surface area contributed by atoms with Gasteiger partial charge in [0.1, 0.15) is 6.04 Å². The van der Waals surface area contributed by atoms with Crippen LogP contribution in [0.25, 0.3) is 0 Å². The molecule has 0 aliphatic rings. The maximum absolute atomic E-state index is 9.57. The topological polar surface area (TPSA) is 144 Å². The second-order valence-electron chi connectivity index (χ2n) is 1.54. The fourth-order valence-electron chi connectivity index (χ4n) is 0. The van der Waals surface area contributed by atoms with E-state index in [4.69, 9.17) is 28.4 Å². The van der Waals surface area contributed by atoms with Crippen molar-refractivity contribution in [1.82, 2.24) is 0 Å². The van der Waals surface area contributed by atoms with Crippen LogP contribution < -0.4 is 109 Å². The molecule has 13 heavy (non-hydrogen) atoms. The third-order valence-corrected chi connectivity index (χ3v) is 0.390. The second-order valence-corrected chi connectivity index (χ2v) is 2.35. The van der Waals surface area contributed by atoms with Gasteiger partial charge in [0.05, 0.1) is 0 Å². The third kappa shape index (κ3) is 53.3. The Morgan fingerprint density at radius 1 is 1.38 bits per heavy atom. The molecule has 0 fully saturated rings. The first-order valence-electron chi connectivity index (χ1n) is 2.29. The summed E-state index contributed by atoms with van der Waals surface area (Å²) in [5, 5.41) is 7.87. The molecule has 0 aromatic heterocycles. The van der Waals surface area contributed by atoms with Gasteiger partial charge in [0.2, 0.25) is 0 Å². The summed E-state index contributed by atoms with van der Waals surface area (Å²) in [6.07, 6.45) is 0. The van der Waals surface area contributed by atoms with E-state index in [1.54, 1.807) is 0 Å². The molecule has 0 spiro atoms. The van der Waals surface area contributed by atoms with Gasteiger partial charge in [-0.1, -0.05) is 0 Å². The van der Waals surface area contributed by atoms with Gasteiger partial charge in [-0.15, -0.1) is 0 Å². The average molecular weight is 263 g/mol. The molecule has 0 amide bonds. The van der Waals surface area contributed by atoms with Crippen molar-refractivity contribution in [2.24, 2.45) is 5.73 Å². The first-order valence-corrected chi connectivity index (χ1v) is 3.63. The number of hydrogen-bond donors (Lipinski definition) is 2. The Balaban J connectivity index is -0.0000000546. The summed E-state index contributed by atoms with van der Waals surface area (Å²) < 4.78 is 34.1. The molecule has 3 N–H and O–H groups in total. The molecule has 0 aromatic carbocycles. The number of aliphatic carboxylic acids is 1. The Hall–Kier alpha value is 2.57. The van der Waals surface area contributed by atoms with Crippen molar-refractivity contribution in [3.05, 3.63) is 0 Å². The summed E-state index contributed by atoms with van der Waals surface area (Å²) in [4.78, 5) is 9.57. The molecule has 0 saturated heterocycles. The zero-order chi connectivity index (χ0) is 9.65. The standard InChI is InChI=1S/C3H7NO2.2K.H2O4S/c1-2(4)3(5)6;;;1-5(2,3)4/h2H,4H2,1H3,(H,5,6);;;(H2,1,2,3,4)/q;2*+1;/p-2/t2-;;;/m0.../s1. The summed E-state index contributed by atoms with van der Waals surface area (Å²) in [6, 6.07) is -0.731. The van der Waals surface area contributed by atoms with Crippen molar-refractivity contribution >= 4 is 16.4 Å². The quantitative estimate of drug-likeness (QED) is 0.271. The number of rotatable bonds is 1. The van der Waals surface area contributed by atoms with Crippen molar-refractivity contribution in [2.75, 3.05) is 0 Å². The fourth-order valence-corrected chi connectivity index (χ4v) is 0. The monoisotopic (exact) mass is 263 g/mol. The number of carboxylic acids is 1. The van der Waals surface area contributed by atoms with Crippen LogP contribution in [0.5, 0.6) is 0 Å². The van der Waals surface area contributed by atoms with Gasteiger partial charge in [-0.2, -0.15) is 0 Å². The largest absolute Gasteiger partial charge is 1.00 e. The Labute approximate surface area is 161 Å². The first-order chi connectivity index (χ1) is 4.64. The van der Waals surface area contributed by atoms with Crippen molar-refractivity contribution in [3.8, 4) is 0 Å². The maximum atomic E-state index is 9.57. The van der Waals surface area contributed by atoms with Crippen molar-refractivity contribution in [1.29, 1.82) is 0 Å². The molecule has 0 rings (SSSR count). The summed E-state index contributed by atoms with van der Waals surface area (Å²) in [7, 11) is -5.17. The third-order valence-electron chi connectivity index (χ3n) is 0.390. The number of carbonyl (C=O) groups is 1. The minimum absolute atomic E-state index is 0. The molecule has 7 nitrogen and oxygen atoms in total. The number of nitrogens with two attached hydrogens (primary N) is 1. The van der Waals surface area contributed by atoms with Gasteiger partial charge in [-0.3, -0.25) is 13.2 Å². The fraction of sp³-hybridized carbons (Fsp3) is 0.667. The summed E-state index contributed by atoms with van der Waals surface area (Å²) in [6.45, 7) is 1.42. The smallest absolute Gasteiger partial charge is 0.759 e. The molecule has 0 aliphatic carbocycles. The van der Waals surface area contributed by atoms with Gasteiger partial charge in [0.15, 0.2) is 0 Å². The molecule has 0 aliphatic heterocycles. The van der Waals surface area contributed by atoms with Crippen LogP contribution in [0, 0.1) is 0 Å². The van der Waals surface area contributed by atoms with Crippen molar-refractivity contribution in [3.63, 3.8) is 0 Å². The van der Waals surface area contributed by atoms with E-state index < -0.39 is 22.4 Å². The van der Waals surface area contributed by atoms with E-state index in [-0.39, 0.29) is 103 Å². The minimum Gasteiger partial charge on any atom is -0.759 e. The zero-order valence-corrected chi connectivity index (χ0v) is 14.6. The Morgan fingerprint density at radius 3 is 1.46 bits per heavy atom. The van der Waals surface area contributed by atoms with Crippen LogP contribution in [0.2, 0.25) is 0 Å². The van der Waals surface area contributed by atoms with Crippen molar-refractivity contribution < 1.29 is 130 Å². The van der Waals surface area contributed by atoms with E-state index in [2.05, 4.69) is 0 Å². The molecule has 68 valence electrons. The van der Waals surface area contributed by atoms with Gasteiger partial charge in [-0.05, 0) is 6.92 Å². The SMILES string of the molecule is C[C@H](N)C(=O)O.O=S(=O)([O-])[O-].[K+].[K+]. The molecule has 10 heteroatoms. The summed E-state index contributed by atoms with van der Waals surface area (Å²) in [5.41, 5.74) is 4.84. The Kier molecular flexibility index (Phi) is 24.0. The summed E-state index contributed by atoms with van der Waals surface area (Å²) >= 11 is 0. The molecule has 0 unspecified atom stereocenters. The van der Waals surface area contributed by atoms with Gasteiger partial charge >= 0.3 is 109 Å². The predicted octanol–water partition coefficient (Wildman–Crippen LogP) is -7.91. The first kappa shape index (κ1) is 24.7.